The summed E-state index contributed by atoms with van der Waals surface area (Å²) in [6, 6.07) is 3.05. The normalized spacial score (nSPS) is 12.0. The van der Waals surface area contributed by atoms with Gasteiger partial charge in [-0.2, -0.15) is 0 Å². The average molecular weight is 310 g/mol. The molecule has 0 aliphatic carbocycles. The van der Waals surface area contributed by atoms with Crippen LogP contribution in [-0.2, 0) is 4.57 Å². The predicted octanol–water partition coefficient (Wildman–Crippen LogP) is 2.54. The van der Waals surface area contributed by atoms with Crippen LogP contribution in [0, 0.1) is 5.82 Å². The van der Waals surface area contributed by atoms with Crippen LogP contribution in [0.3, 0.4) is 0 Å². The van der Waals surface area contributed by atoms with E-state index in [0.717, 1.165) is 0 Å². The van der Waals surface area contributed by atoms with Crippen molar-refractivity contribution >= 4 is 34.7 Å². The largest absolute Gasteiger partial charge is 0.524 e. The number of rotatable bonds is 2. The van der Waals surface area contributed by atoms with Crippen molar-refractivity contribution in [1.82, 2.24) is 4.98 Å². The zero-order valence-electron chi connectivity index (χ0n) is 7.65. The van der Waals surface area contributed by atoms with Gasteiger partial charge in [-0.15, -0.1) is 0 Å². The van der Waals surface area contributed by atoms with E-state index in [1.54, 1.807) is 6.07 Å². The van der Waals surface area contributed by atoms with Crippen molar-refractivity contribution in [3.8, 4) is 5.75 Å². The van der Waals surface area contributed by atoms with E-state index in [-0.39, 0.29) is 15.6 Å². The standard InChI is InChI=1S/C8H6BrFNO4P/c9-4-1-2-5-7(8(4)10)6(3-11-5)15-16(12,13)14/h1-3,11H,(H2,12,13,14). The summed E-state index contributed by atoms with van der Waals surface area (Å²) < 4.78 is 28.9. The molecule has 0 amide bonds. The first-order chi connectivity index (χ1) is 7.38. The molecule has 5 nitrogen and oxygen atoms in total. The molecule has 0 radical (unpaired) electrons. The summed E-state index contributed by atoms with van der Waals surface area (Å²) in [5.74, 6) is -0.857. The first-order valence-corrected chi connectivity index (χ1v) is 6.41. The molecule has 0 bridgehead atoms. The van der Waals surface area contributed by atoms with Crippen LogP contribution in [0.5, 0.6) is 5.75 Å². The molecule has 3 N–H and O–H groups in total. The van der Waals surface area contributed by atoms with Crippen molar-refractivity contribution < 1.29 is 23.3 Å². The van der Waals surface area contributed by atoms with E-state index in [9.17, 15) is 8.96 Å². The lowest BCUT2D eigenvalue weighted by Crippen LogP contribution is -1.90. The number of aromatic amines is 1. The Balaban J connectivity index is 2.63. The van der Waals surface area contributed by atoms with Gasteiger partial charge in [-0.3, -0.25) is 9.79 Å². The third-order valence-corrected chi connectivity index (χ3v) is 2.96. The topological polar surface area (TPSA) is 82.6 Å². The van der Waals surface area contributed by atoms with E-state index in [4.69, 9.17) is 9.79 Å². The van der Waals surface area contributed by atoms with Gasteiger partial charge in [-0.05, 0) is 28.1 Å². The second-order valence-corrected chi connectivity index (χ2v) is 5.04. The molecule has 1 aromatic heterocycles. The lowest BCUT2D eigenvalue weighted by atomic mass is 10.2. The smallest absolute Gasteiger partial charge is 0.402 e. The quantitative estimate of drug-likeness (QED) is 0.745. The van der Waals surface area contributed by atoms with Crippen LogP contribution in [0.2, 0.25) is 0 Å². The van der Waals surface area contributed by atoms with Gasteiger partial charge in [0.15, 0.2) is 5.75 Å². The maximum absolute atomic E-state index is 13.7. The molecular formula is C8H6BrFNO4P. The van der Waals surface area contributed by atoms with Gasteiger partial charge in [0, 0.05) is 6.20 Å². The van der Waals surface area contributed by atoms with Crippen LogP contribution in [0.15, 0.2) is 22.8 Å². The molecule has 0 unspecified atom stereocenters. The molecule has 16 heavy (non-hydrogen) atoms. The Morgan fingerprint density at radius 3 is 2.75 bits per heavy atom. The molecule has 0 fully saturated rings. The molecule has 0 saturated carbocycles. The Hall–Kier alpha value is -0.880. The van der Waals surface area contributed by atoms with E-state index in [1.165, 1.54) is 12.3 Å². The fourth-order valence-corrected chi connectivity index (χ4v) is 2.06. The zero-order valence-corrected chi connectivity index (χ0v) is 10.1. The lowest BCUT2D eigenvalue weighted by molar-refractivity contribution is 0.284. The monoisotopic (exact) mass is 309 g/mol. The minimum atomic E-state index is -4.70. The van der Waals surface area contributed by atoms with Gasteiger partial charge in [0.05, 0.1) is 15.4 Å². The number of fused-ring (bicyclic) bond motifs is 1. The SMILES string of the molecule is O=P(O)(O)Oc1c[nH]c2ccc(Br)c(F)c12. The zero-order chi connectivity index (χ0) is 11.9. The fourth-order valence-electron chi connectivity index (χ4n) is 1.33. The molecule has 0 saturated heterocycles. The number of hydrogen-bond donors (Lipinski definition) is 3. The van der Waals surface area contributed by atoms with Gasteiger partial charge in [-0.25, -0.2) is 8.96 Å². The second kappa shape index (κ2) is 3.85. The Morgan fingerprint density at radius 2 is 2.12 bits per heavy atom. The molecule has 2 rings (SSSR count). The summed E-state index contributed by atoms with van der Waals surface area (Å²) in [5.41, 5.74) is 0.393. The molecule has 86 valence electrons. The number of phosphoric ester groups is 1. The molecule has 2 aromatic rings. The summed E-state index contributed by atoms with van der Waals surface area (Å²) in [5, 5.41) is -0.00213. The molecule has 1 heterocycles. The van der Waals surface area contributed by atoms with Crippen LogP contribution < -0.4 is 4.52 Å². The Bertz CT molecular complexity index is 593. The Morgan fingerprint density at radius 1 is 1.44 bits per heavy atom. The highest BCUT2D eigenvalue weighted by Crippen LogP contribution is 2.42. The third kappa shape index (κ3) is 2.12. The maximum Gasteiger partial charge on any atom is 0.524 e. The minimum absolute atomic E-state index is 0.00213. The minimum Gasteiger partial charge on any atom is -0.402 e. The van der Waals surface area contributed by atoms with E-state index in [2.05, 4.69) is 25.4 Å². The Kier molecular flexibility index (Phi) is 2.79. The van der Waals surface area contributed by atoms with Gasteiger partial charge < -0.3 is 9.51 Å². The van der Waals surface area contributed by atoms with Crippen LogP contribution in [-0.4, -0.2) is 14.8 Å². The molecule has 0 aliphatic heterocycles. The Labute approximate surface area is 97.6 Å². The predicted molar refractivity (Wildman–Crippen MR) is 58.6 cm³/mol. The van der Waals surface area contributed by atoms with Crippen LogP contribution in [0.1, 0.15) is 0 Å². The number of phosphoric acid groups is 1. The van der Waals surface area contributed by atoms with Crippen molar-refractivity contribution in [3.63, 3.8) is 0 Å². The molecular weight excluding hydrogens is 304 g/mol. The fraction of sp³-hybridized carbons (Fsp3) is 0. The second-order valence-electron chi connectivity index (χ2n) is 3.02. The van der Waals surface area contributed by atoms with Crippen LogP contribution in [0.25, 0.3) is 10.9 Å². The van der Waals surface area contributed by atoms with Crippen molar-refractivity contribution in [2.24, 2.45) is 0 Å². The van der Waals surface area contributed by atoms with Crippen molar-refractivity contribution in [1.29, 1.82) is 0 Å². The summed E-state index contributed by atoms with van der Waals surface area (Å²) in [6.07, 6.45) is 1.19. The molecule has 0 atom stereocenters. The number of hydrogen-bond acceptors (Lipinski definition) is 2. The highest BCUT2D eigenvalue weighted by Gasteiger charge is 2.21. The number of H-pyrrole nitrogens is 1. The van der Waals surface area contributed by atoms with Gasteiger partial charge >= 0.3 is 7.82 Å². The summed E-state index contributed by atoms with van der Waals surface area (Å²) >= 11 is 2.98. The lowest BCUT2D eigenvalue weighted by Gasteiger charge is -2.05. The van der Waals surface area contributed by atoms with Crippen LogP contribution in [0.4, 0.5) is 4.39 Å². The van der Waals surface area contributed by atoms with E-state index >= 15 is 0 Å². The van der Waals surface area contributed by atoms with Crippen molar-refractivity contribution in [2.75, 3.05) is 0 Å². The van der Waals surface area contributed by atoms with Gasteiger partial charge in [0.25, 0.3) is 0 Å². The number of nitrogens with one attached hydrogen (secondary N) is 1. The molecule has 8 heteroatoms. The van der Waals surface area contributed by atoms with Crippen molar-refractivity contribution in [2.45, 2.75) is 0 Å². The van der Waals surface area contributed by atoms with E-state index in [1.807, 2.05) is 0 Å². The number of aromatic nitrogens is 1. The van der Waals surface area contributed by atoms with Gasteiger partial charge in [-0.1, -0.05) is 0 Å². The molecule has 0 aliphatic rings. The number of benzene rings is 1. The van der Waals surface area contributed by atoms with E-state index in [0.29, 0.717) is 5.52 Å². The third-order valence-electron chi connectivity index (χ3n) is 1.92. The summed E-state index contributed by atoms with van der Waals surface area (Å²) in [7, 11) is -4.70. The first kappa shape index (κ1) is 11.6. The highest BCUT2D eigenvalue weighted by molar-refractivity contribution is 9.10. The van der Waals surface area contributed by atoms with Gasteiger partial charge in [0.2, 0.25) is 0 Å². The maximum atomic E-state index is 13.7. The first-order valence-electron chi connectivity index (χ1n) is 4.09. The van der Waals surface area contributed by atoms with Gasteiger partial charge in [0.1, 0.15) is 5.82 Å². The highest BCUT2D eigenvalue weighted by atomic mass is 79.9. The van der Waals surface area contributed by atoms with E-state index < -0.39 is 13.6 Å². The van der Waals surface area contributed by atoms with Crippen LogP contribution >= 0.6 is 23.8 Å². The molecule has 1 aromatic carbocycles. The number of halogens is 2. The summed E-state index contributed by atoms with van der Waals surface area (Å²) in [4.78, 5) is 19.9. The molecule has 0 spiro atoms. The van der Waals surface area contributed by atoms with Crippen molar-refractivity contribution in [3.05, 3.63) is 28.6 Å². The summed E-state index contributed by atoms with van der Waals surface area (Å²) in [6.45, 7) is 0. The average Bonchev–Trinajstić information content (AvgIpc) is 2.53.